The van der Waals surface area contributed by atoms with Crippen molar-refractivity contribution in [1.29, 1.82) is 0 Å². The molecule has 1 amide bonds. The average Bonchev–Trinajstić information content (AvgIpc) is 3.29. The number of benzene rings is 2. The van der Waals surface area contributed by atoms with Crippen LogP contribution in [-0.2, 0) is 16.0 Å². The molecule has 1 atom stereocenters. The summed E-state index contributed by atoms with van der Waals surface area (Å²) < 4.78 is 7.82. The third-order valence-electron chi connectivity index (χ3n) is 5.30. The molecule has 4 rings (SSSR count). The maximum atomic E-state index is 13.2. The molecular formula is C24H22Cl2N6O3. The highest BCUT2D eigenvalue weighted by molar-refractivity contribution is 6.31. The number of nitrogens with one attached hydrogen (secondary N) is 1. The van der Waals surface area contributed by atoms with Gasteiger partial charge in [0.1, 0.15) is 6.04 Å². The predicted octanol–water partition coefficient (Wildman–Crippen LogP) is 3.34. The van der Waals surface area contributed by atoms with Crippen LogP contribution in [0.1, 0.15) is 11.6 Å². The number of aromatic nitrogens is 5. The van der Waals surface area contributed by atoms with Crippen molar-refractivity contribution in [3.8, 4) is 16.9 Å². The molecule has 0 bridgehead atoms. The van der Waals surface area contributed by atoms with Crippen molar-refractivity contribution in [1.82, 2.24) is 29.9 Å². The molecule has 0 fully saturated rings. The monoisotopic (exact) mass is 512 g/mol. The predicted molar refractivity (Wildman–Crippen MR) is 133 cm³/mol. The zero-order valence-electron chi connectivity index (χ0n) is 18.8. The van der Waals surface area contributed by atoms with Gasteiger partial charge in [0, 0.05) is 36.7 Å². The van der Waals surface area contributed by atoms with E-state index in [0.29, 0.717) is 41.5 Å². The summed E-state index contributed by atoms with van der Waals surface area (Å²) in [5, 5.41) is 11.3. The van der Waals surface area contributed by atoms with E-state index in [9.17, 15) is 9.59 Å². The lowest BCUT2D eigenvalue weighted by Crippen LogP contribution is -2.39. The minimum Gasteiger partial charge on any atom is -0.383 e. The van der Waals surface area contributed by atoms with E-state index in [-0.39, 0.29) is 16.6 Å². The van der Waals surface area contributed by atoms with Gasteiger partial charge in [0.05, 0.1) is 30.5 Å². The van der Waals surface area contributed by atoms with Gasteiger partial charge in [-0.15, -0.1) is 5.10 Å². The van der Waals surface area contributed by atoms with Crippen LogP contribution in [0.25, 0.3) is 16.9 Å². The lowest BCUT2D eigenvalue weighted by atomic mass is 10.0. The first-order valence-electron chi connectivity index (χ1n) is 10.7. The molecule has 0 aliphatic rings. The van der Waals surface area contributed by atoms with E-state index >= 15 is 0 Å². The van der Waals surface area contributed by atoms with E-state index in [2.05, 4.69) is 20.6 Å². The highest BCUT2D eigenvalue weighted by Gasteiger charge is 2.23. The first-order valence-corrected chi connectivity index (χ1v) is 11.5. The number of carbonyl (C=O) groups excluding carboxylic acids is 1. The van der Waals surface area contributed by atoms with Crippen LogP contribution in [0, 0.1) is 0 Å². The fourth-order valence-electron chi connectivity index (χ4n) is 3.61. The van der Waals surface area contributed by atoms with Crippen molar-refractivity contribution >= 4 is 29.1 Å². The molecule has 4 aromatic rings. The smallest absolute Gasteiger partial charge is 0.254 e. The molecule has 0 unspecified atom stereocenters. The van der Waals surface area contributed by atoms with Gasteiger partial charge in [0.15, 0.2) is 5.15 Å². The Bertz CT molecular complexity index is 1370. The van der Waals surface area contributed by atoms with Crippen molar-refractivity contribution in [3.63, 3.8) is 0 Å². The SMILES string of the molecule is COCCNC(=O)[C@H](Cc1ccccc1)n1cnc(-c2cc(Cl)ccc2-n2cc(Cl)nn2)cc1=O. The van der Waals surface area contributed by atoms with Gasteiger partial charge in [0.2, 0.25) is 5.91 Å². The first-order chi connectivity index (χ1) is 17.0. The third-order valence-corrected chi connectivity index (χ3v) is 5.71. The Morgan fingerprint density at radius 2 is 1.94 bits per heavy atom. The van der Waals surface area contributed by atoms with Gasteiger partial charge in [-0.1, -0.05) is 58.7 Å². The summed E-state index contributed by atoms with van der Waals surface area (Å²) in [6, 6.07) is 15.2. The van der Waals surface area contributed by atoms with Crippen LogP contribution in [0.3, 0.4) is 0 Å². The number of amides is 1. The number of hydrogen-bond acceptors (Lipinski definition) is 6. The van der Waals surface area contributed by atoms with Crippen LogP contribution in [0.5, 0.6) is 0 Å². The summed E-state index contributed by atoms with van der Waals surface area (Å²) in [6.45, 7) is 0.687. The van der Waals surface area contributed by atoms with E-state index in [1.165, 1.54) is 27.8 Å². The lowest BCUT2D eigenvalue weighted by molar-refractivity contribution is -0.124. The summed E-state index contributed by atoms with van der Waals surface area (Å²) in [5.41, 5.74) is 2.05. The number of ether oxygens (including phenoxy) is 1. The van der Waals surface area contributed by atoms with Crippen LogP contribution < -0.4 is 10.9 Å². The standard InChI is InChI=1S/C24H22Cl2N6O3/c1-35-10-9-27-24(34)21(11-16-5-3-2-4-6-16)31-15-28-19(13-23(31)33)18-12-17(25)7-8-20(18)32-14-22(26)29-30-32/h2-8,12-15,21H,9-11H2,1H3,(H,27,34)/t21-/m0/s1. The topological polar surface area (TPSA) is 104 Å². The number of nitrogens with zero attached hydrogens (tertiary/aromatic N) is 5. The third kappa shape index (κ3) is 5.94. The quantitative estimate of drug-likeness (QED) is 0.345. The second kappa shape index (κ2) is 11.3. The molecule has 2 heterocycles. The first kappa shape index (κ1) is 24.6. The van der Waals surface area contributed by atoms with Gasteiger partial charge < -0.3 is 10.1 Å². The summed E-state index contributed by atoms with van der Waals surface area (Å²) in [6.07, 6.45) is 3.23. The molecule has 0 saturated heterocycles. The largest absolute Gasteiger partial charge is 0.383 e. The van der Waals surface area contributed by atoms with Gasteiger partial charge in [-0.25, -0.2) is 9.67 Å². The maximum absolute atomic E-state index is 13.2. The second-order valence-electron chi connectivity index (χ2n) is 7.66. The van der Waals surface area contributed by atoms with Gasteiger partial charge in [-0.3, -0.25) is 14.2 Å². The second-order valence-corrected chi connectivity index (χ2v) is 8.48. The van der Waals surface area contributed by atoms with Crippen LogP contribution >= 0.6 is 23.2 Å². The van der Waals surface area contributed by atoms with Crippen molar-refractivity contribution < 1.29 is 9.53 Å². The molecule has 35 heavy (non-hydrogen) atoms. The number of methoxy groups -OCH3 is 1. The fraction of sp³-hybridized carbons (Fsp3) is 0.208. The van der Waals surface area contributed by atoms with E-state index in [0.717, 1.165) is 5.56 Å². The lowest BCUT2D eigenvalue weighted by Gasteiger charge is -2.20. The molecule has 180 valence electrons. The molecule has 2 aromatic carbocycles. The molecule has 0 radical (unpaired) electrons. The van der Waals surface area contributed by atoms with Crippen molar-refractivity contribution in [2.75, 3.05) is 20.3 Å². The number of carbonyl (C=O) groups is 1. The van der Waals surface area contributed by atoms with E-state index in [4.69, 9.17) is 27.9 Å². The molecule has 0 aliphatic heterocycles. The van der Waals surface area contributed by atoms with Crippen molar-refractivity contribution in [3.05, 3.63) is 93.2 Å². The van der Waals surface area contributed by atoms with Gasteiger partial charge >= 0.3 is 0 Å². The molecule has 0 saturated carbocycles. The Morgan fingerprint density at radius 3 is 2.63 bits per heavy atom. The Labute approximate surface area is 211 Å². The van der Waals surface area contributed by atoms with E-state index < -0.39 is 6.04 Å². The zero-order chi connectivity index (χ0) is 24.8. The van der Waals surface area contributed by atoms with Crippen molar-refractivity contribution in [2.24, 2.45) is 0 Å². The highest BCUT2D eigenvalue weighted by atomic mass is 35.5. The zero-order valence-corrected chi connectivity index (χ0v) is 20.3. The number of halogens is 2. The van der Waals surface area contributed by atoms with Gasteiger partial charge in [-0.2, -0.15) is 0 Å². The van der Waals surface area contributed by atoms with Crippen LogP contribution in [0.4, 0.5) is 0 Å². The summed E-state index contributed by atoms with van der Waals surface area (Å²) in [7, 11) is 1.55. The van der Waals surface area contributed by atoms with Crippen LogP contribution in [-0.4, -0.2) is 50.7 Å². The molecule has 1 N–H and O–H groups in total. The number of hydrogen-bond donors (Lipinski definition) is 1. The summed E-state index contributed by atoms with van der Waals surface area (Å²) >= 11 is 12.2. The molecule has 2 aromatic heterocycles. The molecule has 11 heteroatoms. The Kier molecular flexibility index (Phi) is 7.91. The maximum Gasteiger partial charge on any atom is 0.254 e. The van der Waals surface area contributed by atoms with Crippen LogP contribution in [0.2, 0.25) is 10.2 Å². The normalized spacial score (nSPS) is 11.9. The molecule has 0 spiro atoms. The van der Waals surface area contributed by atoms with Gasteiger partial charge in [-0.05, 0) is 23.8 Å². The van der Waals surface area contributed by atoms with E-state index in [1.54, 1.807) is 25.3 Å². The minimum atomic E-state index is -0.795. The van der Waals surface area contributed by atoms with Crippen LogP contribution in [0.15, 0.2) is 71.9 Å². The van der Waals surface area contributed by atoms with Crippen molar-refractivity contribution in [2.45, 2.75) is 12.5 Å². The average molecular weight is 513 g/mol. The summed E-state index contributed by atoms with van der Waals surface area (Å²) in [4.78, 5) is 30.7. The molecule has 0 aliphatic carbocycles. The molecular weight excluding hydrogens is 491 g/mol. The van der Waals surface area contributed by atoms with Gasteiger partial charge in [0.25, 0.3) is 5.56 Å². The molecule has 9 nitrogen and oxygen atoms in total. The Balaban J connectivity index is 1.71. The minimum absolute atomic E-state index is 0.220. The number of rotatable bonds is 9. The summed E-state index contributed by atoms with van der Waals surface area (Å²) in [5.74, 6) is -0.303. The fourth-order valence-corrected chi connectivity index (χ4v) is 3.91. The Morgan fingerprint density at radius 1 is 1.14 bits per heavy atom. The van der Waals surface area contributed by atoms with E-state index in [1.807, 2.05) is 30.3 Å². The Hall–Kier alpha value is -3.53. The highest BCUT2D eigenvalue weighted by Crippen LogP contribution is 2.28.